The molecule has 0 aromatic heterocycles. The molecule has 17 heavy (non-hydrogen) atoms. The van der Waals surface area contributed by atoms with Gasteiger partial charge in [-0.25, -0.2) is 0 Å². The molecule has 1 heterocycles. The third-order valence-corrected chi connectivity index (χ3v) is 3.50. The zero-order chi connectivity index (χ0) is 12.5. The monoisotopic (exact) mass is 244 g/mol. The molecule has 0 saturated carbocycles. The summed E-state index contributed by atoms with van der Waals surface area (Å²) in [4.78, 5) is 2.58. The van der Waals surface area contributed by atoms with Crippen molar-refractivity contribution in [3.63, 3.8) is 0 Å². The molecule has 1 saturated heterocycles. The second kappa shape index (κ2) is 8.86. The number of nitrogens with zero attached hydrogens (tertiary/aromatic N) is 1. The standard InChI is InChI=1S/C13H28N2O2/c1-12(9-14-6-8-16-2)15-7-4-5-13(10-15)11-17-3/h12-14H,4-11H2,1-3H3. The summed E-state index contributed by atoms with van der Waals surface area (Å²) < 4.78 is 10.3. The fraction of sp³-hybridized carbons (Fsp3) is 1.00. The van der Waals surface area contributed by atoms with Crippen molar-refractivity contribution in [2.75, 3.05) is 53.6 Å². The van der Waals surface area contributed by atoms with Crippen LogP contribution in [-0.2, 0) is 9.47 Å². The number of rotatable bonds is 8. The van der Waals surface area contributed by atoms with Crippen LogP contribution < -0.4 is 5.32 Å². The van der Waals surface area contributed by atoms with Crippen LogP contribution >= 0.6 is 0 Å². The zero-order valence-corrected chi connectivity index (χ0v) is 11.6. The molecular formula is C13H28N2O2. The minimum atomic E-state index is 0.603. The van der Waals surface area contributed by atoms with E-state index in [1.807, 2.05) is 0 Å². The first-order valence-electron chi connectivity index (χ1n) is 6.70. The van der Waals surface area contributed by atoms with Crippen LogP contribution in [-0.4, -0.2) is 64.6 Å². The van der Waals surface area contributed by atoms with Crippen molar-refractivity contribution >= 4 is 0 Å². The number of ether oxygens (including phenoxy) is 2. The molecule has 0 aromatic carbocycles. The first-order valence-corrected chi connectivity index (χ1v) is 6.70. The van der Waals surface area contributed by atoms with Gasteiger partial charge in [0.1, 0.15) is 0 Å². The number of likely N-dealkylation sites (tertiary alicyclic amines) is 1. The van der Waals surface area contributed by atoms with Crippen molar-refractivity contribution < 1.29 is 9.47 Å². The fourth-order valence-electron chi connectivity index (χ4n) is 2.48. The van der Waals surface area contributed by atoms with Gasteiger partial charge in [-0.05, 0) is 32.2 Å². The smallest absolute Gasteiger partial charge is 0.0587 e. The second-order valence-corrected chi connectivity index (χ2v) is 5.00. The fourth-order valence-corrected chi connectivity index (χ4v) is 2.48. The Morgan fingerprint density at radius 2 is 2.18 bits per heavy atom. The Balaban J connectivity index is 2.18. The molecule has 4 nitrogen and oxygen atoms in total. The van der Waals surface area contributed by atoms with Gasteiger partial charge in [-0.3, -0.25) is 4.90 Å². The Bertz CT molecular complexity index is 188. The Morgan fingerprint density at radius 1 is 1.35 bits per heavy atom. The highest BCUT2D eigenvalue weighted by Crippen LogP contribution is 2.18. The molecule has 2 unspecified atom stereocenters. The maximum atomic E-state index is 5.26. The summed E-state index contributed by atoms with van der Waals surface area (Å²) in [5, 5.41) is 3.43. The van der Waals surface area contributed by atoms with E-state index < -0.39 is 0 Å². The average Bonchev–Trinajstić information content (AvgIpc) is 2.35. The van der Waals surface area contributed by atoms with Crippen LogP contribution in [0.3, 0.4) is 0 Å². The number of methoxy groups -OCH3 is 2. The van der Waals surface area contributed by atoms with E-state index in [4.69, 9.17) is 9.47 Å². The number of piperidine rings is 1. The first kappa shape index (κ1) is 14.9. The summed E-state index contributed by atoms with van der Waals surface area (Å²) in [6.45, 7) is 8.39. The van der Waals surface area contributed by atoms with Crippen molar-refractivity contribution in [1.82, 2.24) is 10.2 Å². The molecular weight excluding hydrogens is 216 g/mol. The second-order valence-electron chi connectivity index (χ2n) is 5.00. The molecule has 1 aliphatic rings. The minimum Gasteiger partial charge on any atom is -0.384 e. The van der Waals surface area contributed by atoms with Crippen molar-refractivity contribution in [1.29, 1.82) is 0 Å². The van der Waals surface area contributed by atoms with E-state index in [1.54, 1.807) is 14.2 Å². The Kier molecular flexibility index (Phi) is 7.77. The maximum absolute atomic E-state index is 5.26. The van der Waals surface area contributed by atoms with Crippen molar-refractivity contribution in [2.24, 2.45) is 5.92 Å². The van der Waals surface area contributed by atoms with Gasteiger partial charge in [0.2, 0.25) is 0 Å². The van der Waals surface area contributed by atoms with E-state index in [9.17, 15) is 0 Å². The zero-order valence-electron chi connectivity index (χ0n) is 11.6. The number of hydrogen-bond acceptors (Lipinski definition) is 4. The largest absolute Gasteiger partial charge is 0.384 e. The van der Waals surface area contributed by atoms with Crippen LogP contribution in [0.5, 0.6) is 0 Å². The van der Waals surface area contributed by atoms with Crippen LogP contribution in [0.25, 0.3) is 0 Å². The summed E-state index contributed by atoms with van der Waals surface area (Å²) in [7, 11) is 3.54. The lowest BCUT2D eigenvalue weighted by molar-refractivity contribution is 0.0716. The summed E-state index contributed by atoms with van der Waals surface area (Å²) in [6, 6.07) is 0.603. The predicted octanol–water partition coefficient (Wildman–Crippen LogP) is 0.969. The predicted molar refractivity (Wildman–Crippen MR) is 70.4 cm³/mol. The van der Waals surface area contributed by atoms with E-state index in [0.717, 1.165) is 32.2 Å². The average molecular weight is 244 g/mol. The summed E-state index contributed by atoms with van der Waals surface area (Å²) in [5.41, 5.74) is 0. The van der Waals surface area contributed by atoms with E-state index in [-0.39, 0.29) is 0 Å². The van der Waals surface area contributed by atoms with E-state index >= 15 is 0 Å². The molecule has 0 aromatic rings. The van der Waals surface area contributed by atoms with Gasteiger partial charge in [0.05, 0.1) is 13.2 Å². The van der Waals surface area contributed by atoms with Gasteiger partial charge >= 0.3 is 0 Å². The number of nitrogens with one attached hydrogen (secondary N) is 1. The minimum absolute atomic E-state index is 0.603. The Hall–Kier alpha value is -0.160. The highest BCUT2D eigenvalue weighted by atomic mass is 16.5. The molecule has 0 amide bonds. The topological polar surface area (TPSA) is 33.7 Å². The normalized spacial score (nSPS) is 23.8. The highest BCUT2D eigenvalue weighted by Gasteiger charge is 2.22. The first-order chi connectivity index (χ1) is 8.27. The lowest BCUT2D eigenvalue weighted by Crippen LogP contribution is -2.46. The quantitative estimate of drug-likeness (QED) is 0.645. The van der Waals surface area contributed by atoms with Gasteiger partial charge in [0.25, 0.3) is 0 Å². The van der Waals surface area contributed by atoms with E-state index in [2.05, 4.69) is 17.1 Å². The Morgan fingerprint density at radius 3 is 2.88 bits per heavy atom. The van der Waals surface area contributed by atoms with Gasteiger partial charge in [-0.2, -0.15) is 0 Å². The third kappa shape index (κ3) is 5.82. The van der Waals surface area contributed by atoms with Crippen molar-refractivity contribution in [3.05, 3.63) is 0 Å². The van der Waals surface area contributed by atoms with Gasteiger partial charge in [0.15, 0.2) is 0 Å². The van der Waals surface area contributed by atoms with Crippen molar-refractivity contribution in [3.8, 4) is 0 Å². The SMILES string of the molecule is COCCNCC(C)N1CCCC(COC)C1. The molecule has 4 heteroatoms. The molecule has 102 valence electrons. The summed E-state index contributed by atoms with van der Waals surface area (Å²) >= 11 is 0. The lowest BCUT2D eigenvalue weighted by Gasteiger charge is -2.36. The summed E-state index contributed by atoms with van der Waals surface area (Å²) in [6.07, 6.45) is 2.62. The molecule has 0 spiro atoms. The summed E-state index contributed by atoms with van der Waals surface area (Å²) in [5.74, 6) is 0.718. The molecule has 1 N–H and O–H groups in total. The molecule has 1 rings (SSSR count). The van der Waals surface area contributed by atoms with Crippen LogP contribution in [0, 0.1) is 5.92 Å². The number of hydrogen-bond donors (Lipinski definition) is 1. The highest BCUT2D eigenvalue weighted by molar-refractivity contribution is 4.78. The van der Waals surface area contributed by atoms with Gasteiger partial charge in [-0.15, -0.1) is 0 Å². The van der Waals surface area contributed by atoms with Crippen LogP contribution in [0.4, 0.5) is 0 Å². The maximum Gasteiger partial charge on any atom is 0.0587 e. The van der Waals surface area contributed by atoms with E-state index in [0.29, 0.717) is 6.04 Å². The third-order valence-electron chi connectivity index (χ3n) is 3.50. The van der Waals surface area contributed by atoms with Crippen molar-refractivity contribution in [2.45, 2.75) is 25.8 Å². The molecule has 1 aliphatic heterocycles. The molecule has 1 fully saturated rings. The van der Waals surface area contributed by atoms with Crippen LogP contribution in [0.1, 0.15) is 19.8 Å². The molecule has 0 aliphatic carbocycles. The van der Waals surface area contributed by atoms with Gasteiger partial charge in [0, 0.05) is 39.9 Å². The van der Waals surface area contributed by atoms with Gasteiger partial charge in [-0.1, -0.05) is 0 Å². The van der Waals surface area contributed by atoms with Gasteiger partial charge < -0.3 is 14.8 Å². The molecule has 0 radical (unpaired) electrons. The van der Waals surface area contributed by atoms with Crippen LogP contribution in [0.2, 0.25) is 0 Å². The van der Waals surface area contributed by atoms with E-state index in [1.165, 1.54) is 25.9 Å². The molecule has 0 bridgehead atoms. The Labute approximate surface area is 106 Å². The van der Waals surface area contributed by atoms with Crippen LogP contribution in [0.15, 0.2) is 0 Å². The molecule has 2 atom stereocenters. The lowest BCUT2D eigenvalue weighted by atomic mass is 9.98.